The van der Waals surface area contributed by atoms with Gasteiger partial charge in [-0.2, -0.15) is 0 Å². The fraction of sp³-hybridized carbons (Fsp3) is 0.364. The van der Waals surface area contributed by atoms with Crippen LogP contribution in [-0.4, -0.2) is 16.4 Å². The number of carbonyl (C=O) groups is 2. The molecule has 0 bridgehead atoms. The molecule has 0 saturated heterocycles. The summed E-state index contributed by atoms with van der Waals surface area (Å²) >= 11 is 6.57. The van der Waals surface area contributed by atoms with Crippen molar-refractivity contribution < 1.29 is 9.59 Å². The molecule has 25 heavy (non-hydrogen) atoms. The normalized spacial score (nSPS) is 13.4. The maximum atomic E-state index is 13.4. The monoisotopic (exact) mass is 356 g/mol. The van der Waals surface area contributed by atoms with E-state index in [9.17, 15) is 9.59 Å². The van der Waals surface area contributed by atoms with Gasteiger partial charge >= 0.3 is 0 Å². The Kier molecular flexibility index (Phi) is 5.53. The number of alkyl halides is 1. The first-order valence-electron chi connectivity index (χ1n) is 8.45. The Balaban J connectivity index is 2.54. The van der Waals surface area contributed by atoms with Crippen LogP contribution in [0.1, 0.15) is 60.9 Å². The summed E-state index contributed by atoms with van der Waals surface area (Å²) in [5, 5.41) is 0. The zero-order valence-corrected chi connectivity index (χ0v) is 16.2. The second kappa shape index (κ2) is 7.13. The quantitative estimate of drug-likeness (QED) is 0.502. The number of ketones is 2. The standard InChI is InChI=1S/C22H25ClO2/c1-21(2,3)20(22(4,5)23)19(25)17-14-10-9-13-16(17)18(24)15-11-7-6-8-12-15/h6-14,20H,1-5H3. The summed E-state index contributed by atoms with van der Waals surface area (Å²) in [6.07, 6.45) is 0. The third kappa shape index (κ3) is 4.38. The van der Waals surface area contributed by atoms with E-state index in [1.54, 1.807) is 36.4 Å². The smallest absolute Gasteiger partial charge is 0.193 e. The molecule has 0 radical (unpaired) electrons. The summed E-state index contributed by atoms with van der Waals surface area (Å²) in [5.41, 5.74) is 1.10. The minimum atomic E-state index is -0.724. The number of hydrogen-bond acceptors (Lipinski definition) is 2. The number of rotatable bonds is 5. The summed E-state index contributed by atoms with van der Waals surface area (Å²) in [6.45, 7) is 9.71. The van der Waals surface area contributed by atoms with Crippen molar-refractivity contribution in [3.8, 4) is 0 Å². The molecule has 1 unspecified atom stereocenters. The van der Waals surface area contributed by atoms with Gasteiger partial charge in [-0.3, -0.25) is 9.59 Å². The highest BCUT2D eigenvalue weighted by Gasteiger charge is 2.43. The molecule has 132 valence electrons. The zero-order valence-electron chi connectivity index (χ0n) is 15.5. The summed E-state index contributed by atoms with van der Waals surface area (Å²) in [4.78, 5) is 25.5. The van der Waals surface area contributed by atoms with Crippen LogP contribution in [0.2, 0.25) is 0 Å². The van der Waals surface area contributed by atoms with Crippen LogP contribution in [0.3, 0.4) is 0 Å². The van der Waals surface area contributed by atoms with E-state index >= 15 is 0 Å². The fourth-order valence-corrected chi connectivity index (χ4v) is 3.96. The van der Waals surface area contributed by atoms with E-state index in [2.05, 4.69) is 0 Å². The van der Waals surface area contributed by atoms with Crippen molar-refractivity contribution >= 4 is 23.2 Å². The topological polar surface area (TPSA) is 34.1 Å². The lowest BCUT2D eigenvalue weighted by Gasteiger charge is -2.38. The van der Waals surface area contributed by atoms with Crippen molar-refractivity contribution in [1.82, 2.24) is 0 Å². The van der Waals surface area contributed by atoms with Gasteiger partial charge in [-0.1, -0.05) is 75.4 Å². The second-order valence-electron chi connectivity index (χ2n) is 7.97. The molecule has 0 amide bonds. The van der Waals surface area contributed by atoms with E-state index in [0.717, 1.165) is 0 Å². The Hall–Kier alpha value is -1.93. The van der Waals surface area contributed by atoms with Crippen LogP contribution in [0.25, 0.3) is 0 Å². The minimum absolute atomic E-state index is 0.0904. The highest BCUT2D eigenvalue weighted by molar-refractivity contribution is 6.26. The molecule has 2 aromatic rings. The zero-order chi connectivity index (χ0) is 18.8. The van der Waals surface area contributed by atoms with Gasteiger partial charge in [0.1, 0.15) is 0 Å². The Morgan fingerprint density at radius 2 is 1.28 bits per heavy atom. The van der Waals surface area contributed by atoms with E-state index in [-0.39, 0.29) is 17.0 Å². The van der Waals surface area contributed by atoms with Gasteiger partial charge in [-0.25, -0.2) is 0 Å². The number of carbonyl (C=O) groups excluding carboxylic acids is 2. The highest BCUT2D eigenvalue weighted by Crippen LogP contribution is 2.41. The van der Waals surface area contributed by atoms with E-state index in [1.807, 2.05) is 52.8 Å². The first-order valence-corrected chi connectivity index (χ1v) is 8.83. The van der Waals surface area contributed by atoms with Crippen molar-refractivity contribution in [3.05, 3.63) is 71.3 Å². The molecule has 0 spiro atoms. The van der Waals surface area contributed by atoms with Gasteiger partial charge in [0.15, 0.2) is 11.6 Å². The maximum Gasteiger partial charge on any atom is 0.193 e. The van der Waals surface area contributed by atoms with Crippen LogP contribution in [0.4, 0.5) is 0 Å². The Morgan fingerprint density at radius 3 is 1.76 bits per heavy atom. The third-order valence-electron chi connectivity index (χ3n) is 4.29. The molecular formula is C22H25ClO2. The number of Topliss-reactive ketones (excluding diaryl/α,β-unsaturated/α-hetero) is 1. The average molecular weight is 357 g/mol. The van der Waals surface area contributed by atoms with Crippen LogP contribution in [0.5, 0.6) is 0 Å². The molecule has 2 nitrogen and oxygen atoms in total. The maximum absolute atomic E-state index is 13.4. The van der Waals surface area contributed by atoms with E-state index in [0.29, 0.717) is 16.7 Å². The molecule has 0 aliphatic heterocycles. The van der Waals surface area contributed by atoms with Crippen molar-refractivity contribution in [1.29, 1.82) is 0 Å². The lowest BCUT2D eigenvalue weighted by atomic mass is 9.69. The van der Waals surface area contributed by atoms with Gasteiger partial charge in [0.05, 0.1) is 0 Å². The van der Waals surface area contributed by atoms with Crippen LogP contribution in [0, 0.1) is 11.3 Å². The SMILES string of the molecule is CC(C)(C)C(C(=O)c1ccccc1C(=O)c1ccccc1)C(C)(C)Cl. The molecule has 2 aromatic carbocycles. The van der Waals surface area contributed by atoms with E-state index in [1.165, 1.54) is 0 Å². The molecule has 0 aliphatic rings. The molecule has 0 saturated carbocycles. The highest BCUT2D eigenvalue weighted by atomic mass is 35.5. The molecule has 1 atom stereocenters. The van der Waals surface area contributed by atoms with Gasteiger partial charge < -0.3 is 0 Å². The summed E-state index contributed by atoms with van der Waals surface area (Å²) in [6, 6.07) is 16.0. The first-order chi connectivity index (χ1) is 11.5. The Bertz CT molecular complexity index is 751. The van der Waals surface area contributed by atoms with Gasteiger partial charge in [-0.05, 0) is 19.3 Å². The summed E-state index contributed by atoms with van der Waals surface area (Å²) < 4.78 is 0. The van der Waals surface area contributed by atoms with Crippen LogP contribution in [-0.2, 0) is 0 Å². The Labute approximate surface area is 155 Å². The lowest BCUT2D eigenvalue weighted by Crippen LogP contribution is -2.42. The van der Waals surface area contributed by atoms with Gasteiger partial charge in [0.25, 0.3) is 0 Å². The lowest BCUT2D eigenvalue weighted by molar-refractivity contribution is 0.0763. The predicted molar refractivity (Wildman–Crippen MR) is 104 cm³/mol. The molecule has 2 rings (SSSR count). The van der Waals surface area contributed by atoms with E-state index in [4.69, 9.17) is 11.6 Å². The van der Waals surface area contributed by atoms with Gasteiger partial charge in [-0.15, -0.1) is 11.6 Å². The number of hydrogen-bond donors (Lipinski definition) is 0. The number of halogens is 1. The third-order valence-corrected chi connectivity index (χ3v) is 4.51. The molecular weight excluding hydrogens is 332 g/mol. The molecule has 0 aliphatic carbocycles. The molecule has 0 fully saturated rings. The van der Waals surface area contributed by atoms with Crippen molar-refractivity contribution in [2.75, 3.05) is 0 Å². The van der Waals surface area contributed by atoms with E-state index < -0.39 is 10.8 Å². The first kappa shape index (κ1) is 19.4. The van der Waals surface area contributed by atoms with Crippen molar-refractivity contribution in [3.63, 3.8) is 0 Å². The van der Waals surface area contributed by atoms with Gasteiger partial charge in [0, 0.05) is 27.5 Å². The summed E-state index contributed by atoms with van der Waals surface area (Å²) in [5.74, 6) is -0.664. The minimum Gasteiger partial charge on any atom is -0.294 e. The molecule has 0 N–H and O–H groups in total. The van der Waals surface area contributed by atoms with Crippen molar-refractivity contribution in [2.24, 2.45) is 11.3 Å². The predicted octanol–water partition coefficient (Wildman–Crippen LogP) is 5.78. The second-order valence-corrected chi connectivity index (χ2v) is 8.94. The summed E-state index contributed by atoms with van der Waals surface area (Å²) in [7, 11) is 0. The molecule has 3 heteroatoms. The molecule has 0 aromatic heterocycles. The van der Waals surface area contributed by atoms with Gasteiger partial charge in [0.2, 0.25) is 0 Å². The van der Waals surface area contributed by atoms with Crippen LogP contribution >= 0.6 is 11.6 Å². The van der Waals surface area contributed by atoms with Crippen molar-refractivity contribution in [2.45, 2.75) is 39.5 Å². The molecule has 0 heterocycles. The number of benzene rings is 2. The Morgan fingerprint density at radius 1 is 0.800 bits per heavy atom. The average Bonchev–Trinajstić information content (AvgIpc) is 2.52. The fourth-order valence-electron chi connectivity index (χ4n) is 3.53. The van der Waals surface area contributed by atoms with Crippen LogP contribution in [0.15, 0.2) is 54.6 Å². The largest absolute Gasteiger partial charge is 0.294 e. The van der Waals surface area contributed by atoms with Crippen LogP contribution < -0.4 is 0 Å².